The van der Waals surface area contributed by atoms with Crippen molar-refractivity contribution in [3.63, 3.8) is 0 Å². The molecule has 0 saturated heterocycles. The van der Waals surface area contributed by atoms with Crippen LogP contribution in [-0.4, -0.2) is 10.3 Å². The molecule has 8 atom stereocenters. The topological polar surface area (TPSA) is 46.3 Å². The van der Waals surface area contributed by atoms with Crippen LogP contribution in [-0.2, 0) is 5.60 Å². The van der Waals surface area contributed by atoms with Crippen LogP contribution in [0.15, 0.2) is 10.6 Å². The molecule has 4 aliphatic rings. The summed E-state index contributed by atoms with van der Waals surface area (Å²) in [6.07, 6.45) is 12.6. The van der Waals surface area contributed by atoms with Gasteiger partial charge in [-0.05, 0) is 106 Å². The minimum atomic E-state index is -0.951. The van der Waals surface area contributed by atoms with Gasteiger partial charge in [-0.2, -0.15) is 0 Å². The van der Waals surface area contributed by atoms with Crippen LogP contribution in [0.3, 0.4) is 0 Å². The van der Waals surface area contributed by atoms with Crippen LogP contribution >= 0.6 is 0 Å². The minimum Gasteiger partial charge on any atom is -0.382 e. The van der Waals surface area contributed by atoms with E-state index < -0.39 is 5.60 Å². The van der Waals surface area contributed by atoms with E-state index in [0.29, 0.717) is 22.5 Å². The molecule has 5 rings (SSSR count). The number of fused-ring (bicyclic) bond motifs is 5. The van der Waals surface area contributed by atoms with E-state index in [1.807, 2.05) is 6.07 Å². The Labute approximate surface area is 177 Å². The maximum atomic E-state index is 10.3. The van der Waals surface area contributed by atoms with Gasteiger partial charge in [-0.3, -0.25) is 0 Å². The van der Waals surface area contributed by atoms with Gasteiger partial charge < -0.3 is 9.63 Å². The van der Waals surface area contributed by atoms with E-state index in [2.05, 4.69) is 25.9 Å². The van der Waals surface area contributed by atoms with Gasteiger partial charge in [0.1, 0.15) is 5.60 Å². The van der Waals surface area contributed by atoms with E-state index >= 15 is 0 Å². The first-order valence-electron chi connectivity index (χ1n) is 12.3. The summed E-state index contributed by atoms with van der Waals surface area (Å²) in [5.41, 5.74) is 1.08. The Morgan fingerprint density at radius 3 is 2.45 bits per heavy atom. The van der Waals surface area contributed by atoms with Crippen LogP contribution in [0.5, 0.6) is 0 Å². The lowest BCUT2D eigenvalue weighted by molar-refractivity contribution is -0.112. The van der Waals surface area contributed by atoms with Crippen LogP contribution in [0.2, 0.25) is 0 Å². The smallest absolute Gasteiger partial charge is 0.167 e. The second-order valence-electron chi connectivity index (χ2n) is 12.4. The zero-order chi connectivity index (χ0) is 20.6. The first kappa shape index (κ1) is 20.1. The SMILES string of the molecule is CC1CCC2(C)C(CCC3C2CCC2(C)C(c4cc(C(C)(C)O)on4)CCC32)C1. The van der Waals surface area contributed by atoms with Gasteiger partial charge in [-0.1, -0.05) is 32.3 Å². The summed E-state index contributed by atoms with van der Waals surface area (Å²) in [6, 6.07) is 2.05. The standard InChI is InChI=1S/C26H41NO2/c1-16-10-12-25(4)17(14-16)6-7-18-19-8-9-21(26(19,5)13-11-20(18)25)22-15-23(29-27-22)24(2,3)28/h15-21,28H,6-14H2,1-5H3. The Morgan fingerprint density at radius 1 is 1.00 bits per heavy atom. The molecule has 4 fully saturated rings. The van der Waals surface area contributed by atoms with Crippen molar-refractivity contribution in [1.82, 2.24) is 5.16 Å². The van der Waals surface area contributed by atoms with Gasteiger partial charge in [-0.15, -0.1) is 0 Å². The van der Waals surface area contributed by atoms with Crippen molar-refractivity contribution in [2.24, 2.45) is 40.4 Å². The van der Waals surface area contributed by atoms with E-state index in [1.54, 1.807) is 13.8 Å². The van der Waals surface area contributed by atoms with Gasteiger partial charge in [0.15, 0.2) is 5.76 Å². The van der Waals surface area contributed by atoms with Crippen LogP contribution in [0.25, 0.3) is 0 Å². The molecular formula is C26H41NO2. The van der Waals surface area contributed by atoms with Crippen molar-refractivity contribution >= 4 is 0 Å². The molecule has 0 radical (unpaired) electrons. The molecule has 0 aromatic carbocycles. The summed E-state index contributed by atoms with van der Waals surface area (Å²) in [5, 5.41) is 14.8. The number of nitrogens with zero attached hydrogens (tertiary/aromatic N) is 1. The monoisotopic (exact) mass is 399 g/mol. The highest BCUT2D eigenvalue weighted by Gasteiger charge is 2.60. The fourth-order valence-electron chi connectivity index (χ4n) is 8.70. The fraction of sp³-hybridized carbons (Fsp3) is 0.885. The third-order valence-corrected chi connectivity index (χ3v) is 10.4. The summed E-state index contributed by atoms with van der Waals surface area (Å²) >= 11 is 0. The van der Waals surface area contributed by atoms with Crippen LogP contribution in [0.4, 0.5) is 0 Å². The molecule has 4 aliphatic carbocycles. The summed E-state index contributed by atoms with van der Waals surface area (Å²) < 4.78 is 5.57. The summed E-state index contributed by atoms with van der Waals surface area (Å²) in [7, 11) is 0. The number of aliphatic hydroxyl groups is 1. The van der Waals surface area contributed by atoms with Gasteiger partial charge in [0.2, 0.25) is 0 Å². The first-order valence-corrected chi connectivity index (χ1v) is 12.3. The van der Waals surface area contributed by atoms with E-state index in [4.69, 9.17) is 4.52 Å². The number of hydrogen-bond acceptors (Lipinski definition) is 3. The molecule has 1 heterocycles. The maximum absolute atomic E-state index is 10.3. The molecule has 1 N–H and O–H groups in total. The zero-order valence-corrected chi connectivity index (χ0v) is 19.2. The number of aromatic nitrogens is 1. The zero-order valence-electron chi connectivity index (χ0n) is 19.2. The number of rotatable bonds is 2. The molecule has 0 spiro atoms. The van der Waals surface area contributed by atoms with Crippen molar-refractivity contribution < 1.29 is 9.63 Å². The highest BCUT2D eigenvalue weighted by Crippen LogP contribution is 2.69. The Balaban J connectivity index is 1.40. The van der Waals surface area contributed by atoms with Gasteiger partial charge in [0.25, 0.3) is 0 Å². The van der Waals surface area contributed by atoms with Crippen molar-refractivity contribution in [2.75, 3.05) is 0 Å². The quantitative estimate of drug-likeness (QED) is 0.604. The third kappa shape index (κ3) is 2.97. The molecule has 29 heavy (non-hydrogen) atoms. The first-order chi connectivity index (χ1) is 13.6. The second-order valence-corrected chi connectivity index (χ2v) is 12.4. The Morgan fingerprint density at radius 2 is 1.72 bits per heavy atom. The molecule has 1 aromatic heterocycles. The Kier molecular flexibility index (Phi) is 4.56. The van der Waals surface area contributed by atoms with Crippen LogP contribution < -0.4 is 0 Å². The summed E-state index contributed by atoms with van der Waals surface area (Å²) in [5.74, 6) is 5.70. The van der Waals surface area contributed by atoms with Crippen LogP contribution in [0, 0.1) is 40.4 Å². The highest BCUT2D eigenvalue weighted by molar-refractivity contribution is 5.22. The largest absolute Gasteiger partial charge is 0.382 e. The van der Waals surface area contributed by atoms with E-state index in [0.717, 1.165) is 35.3 Å². The Hall–Kier alpha value is -0.830. The van der Waals surface area contributed by atoms with Crippen LogP contribution in [0.1, 0.15) is 110 Å². The Bertz CT molecular complexity index is 763. The van der Waals surface area contributed by atoms with Crippen molar-refractivity contribution in [1.29, 1.82) is 0 Å². The molecule has 1 aromatic rings. The lowest BCUT2D eigenvalue weighted by Crippen LogP contribution is -2.53. The molecule has 3 heteroatoms. The summed E-state index contributed by atoms with van der Waals surface area (Å²) in [4.78, 5) is 0. The molecule has 4 saturated carbocycles. The molecule has 0 amide bonds. The average molecular weight is 400 g/mol. The summed E-state index contributed by atoms with van der Waals surface area (Å²) in [6.45, 7) is 11.3. The van der Waals surface area contributed by atoms with E-state index in [-0.39, 0.29) is 0 Å². The lowest BCUT2D eigenvalue weighted by Gasteiger charge is -2.61. The maximum Gasteiger partial charge on any atom is 0.167 e. The molecular weight excluding hydrogens is 358 g/mol. The molecule has 0 bridgehead atoms. The number of hydrogen-bond donors (Lipinski definition) is 1. The van der Waals surface area contributed by atoms with Crippen molar-refractivity contribution in [3.05, 3.63) is 17.5 Å². The van der Waals surface area contributed by atoms with Gasteiger partial charge in [-0.25, -0.2) is 0 Å². The molecule has 3 nitrogen and oxygen atoms in total. The molecule has 162 valence electrons. The lowest BCUT2D eigenvalue weighted by atomic mass is 9.44. The predicted molar refractivity (Wildman–Crippen MR) is 115 cm³/mol. The normalized spacial score (nSPS) is 47.4. The van der Waals surface area contributed by atoms with E-state index in [1.165, 1.54) is 57.8 Å². The third-order valence-electron chi connectivity index (χ3n) is 10.4. The van der Waals surface area contributed by atoms with Crippen molar-refractivity contribution in [3.8, 4) is 0 Å². The molecule has 8 unspecified atom stereocenters. The predicted octanol–water partition coefficient (Wildman–Crippen LogP) is 6.66. The van der Waals surface area contributed by atoms with E-state index in [9.17, 15) is 5.11 Å². The molecule has 0 aliphatic heterocycles. The van der Waals surface area contributed by atoms with Gasteiger partial charge >= 0.3 is 0 Å². The fourth-order valence-corrected chi connectivity index (χ4v) is 8.70. The van der Waals surface area contributed by atoms with Crippen molar-refractivity contribution in [2.45, 2.75) is 104 Å². The minimum absolute atomic E-state index is 0.347. The van der Waals surface area contributed by atoms with Gasteiger partial charge in [0.05, 0.1) is 5.69 Å². The highest BCUT2D eigenvalue weighted by atomic mass is 16.5. The van der Waals surface area contributed by atoms with Gasteiger partial charge in [0, 0.05) is 12.0 Å². The second kappa shape index (κ2) is 6.58. The average Bonchev–Trinajstić information content (AvgIpc) is 3.26.